The van der Waals surface area contributed by atoms with Gasteiger partial charge in [-0.3, -0.25) is 0 Å². The molecule has 2 heteroatoms. The summed E-state index contributed by atoms with van der Waals surface area (Å²) in [5, 5.41) is 5.54. The highest BCUT2D eigenvalue weighted by molar-refractivity contribution is 7.19. The van der Waals surface area contributed by atoms with Gasteiger partial charge in [-0.2, -0.15) is 0 Å². The van der Waals surface area contributed by atoms with Gasteiger partial charge in [0.25, 0.3) is 0 Å². The zero-order valence-electron chi connectivity index (χ0n) is 19.5. The first kappa shape index (κ1) is 20.7. The summed E-state index contributed by atoms with van der Waals surface area (Å²) in [6.07, 6.45) is 35.5. The monoisotopic (exact) mass is 461 g/mol. The minimum absolute atomic E-state index is 0.397. The van der Waals surface area contributed by atoms with Crippen LogP contribution in [0.5, 0.6) is 0 Å². The van der Waals surface area contributed by atoms with Gasteiger partial charge in [0.15, 0.2) is 0 Å². The van der Waals surface area contributed by atoms with Gasteiger partial charge >= 0.3 is 0 Å². The molecule has 170 valence electrons. The lowest BCUT2D eigenvalue weighted by molar-refractivity contribution is 0.417. The van der Waals surface area contributed by atoms with E-state index < -0.39 is 0 Å². The average Bonchev–Trinajstić information content (AvgIpc) is 3.28. The SMILES string of the molecule is C1=CC(C2=CC(NC3C=CC4C=Cc5ccc6sc7c(c6c5C4C3)C=CCC7)CC=C2)=CCC1. The molecule has 0 radical (unpaired) electrons. The molecular formula is C32H31NS. The number of fused-ring (bicyclic) bond motifs is 7. The Kier molecular flexibility index (Phi) is 5.18. The maximum atomic E-state index is 3.99. The fourth-order valence-electron chi connectivity index (χ4n) is 6.47. The standard InChI is InChI=1S/C32H31NS/c1-2-7-21(8-3-1)24-9-6-10-25(19-24)33-26-17-15-22-13-14-23-16-18-30-32(31(23)28(22)20-26)27-11-4-5-12-29(27)34-30/h2,4,6-9,11,13-19,22,25-26,28,33H,1,3,5,10,12,20H2. The Hall–Kier alpha value is -2.68. The number of thiophene rings is 1. The number of rotatable bonds is 3. The molecule has 0 spiro atoms. The van der Waals surface area contributed by atoms with E-state index in [9.17, 15) is 0 Å². The van der Waals surface area contributed by atoms with Crippen LogP contribution in [0.1, 0.15) is 59.6 Å². The van der Waals surface area contributed by atoms with Crippen molar-refractivity contribution in [2.75, 3.05) is 0 Å². The third kappa shape index (κ3) is 3.56. The van der Waals surface area contributed by atoms with Gasteiger partial charge in [0.2, 0.25) is 0 Å². The van der Waals surface area contributed by atoms with E-state index in [4.69, 9.17) is 0 Å². The van der Waals surface area contributed by atoms with E-state index in [1.807, 2.05) is 11.3 Å². The second kappa shape index (κ2) is 8.52. The Labute approximate surface area is 206 Å². The van der Waals surface area contributed by atoms with Gasteiger partial charge in [-0.25, -0.2) is 0 Å². The molecule has 1 heterocycles. The molecule has 1 aromatic carbocycles. The van der Waals surface area contributed by atoms with Gasteiger partial charge in [0, 0.05) is 33.0 Å². The maximum absolute atomic E-state index is 3.99. The molecule has 1 N–H and O–H groups in total. The van der Waals surface area contributed by atoms with Crippen molar-refractivity contribution in [1.29, 1.82) is 0 Å². The molecule has 34 heavy (non-hydrogen) atoms. The third-order valence-electron chi connectivity index (χ3n) is 8.10. The average molecular weight is 462 g/mol. The summed E-state index contributed by atoms with van der Waals surface area (Å²) in [5.41, 5.74) is 7.30. The van der Waals surface area contributed by atoms with Crippen LogP contribution in [-0.2, 0) is 6.42 Å². The zero-order chi connectivity index (χ0) is 22.5. The zero-order valence-corrected chi connectivity index (χ0v) is 20.4. The van der Waals surface area contributed by atoms with Crippen LogP contribution in [-0.4, -0.2) is 12.1 Å². The summed E-state index contributed by atoms with van der Waals surface area (Å²) in [7, 11) is 0. The van der Waals surface area contributed by atoms with Crippen LogP contribution in [0.15, 0.2) is 84.0 Å². The van der Waals surface area contributed by atoms with E-state index in [2.05, 4.69) is 90.4 Å². The van der Waals surface area contributed by atoms with Crippen LogP contribution in [0.2, 0.25) is 0 Å². The van der Waals surface area contributed by atoms with E-state index in [0.29, 0.717) is 23.9 Å². The molecule has 0 fully saturated rings. The first-order chi connectivity index (χ1) is 16.8. The normalized spacial score (nSPS) is 28.9. The molecule has 0 saturated carbocycles. The van der Waals surface area contributed by atoms with Gasteiger partial charge in [-0.15, -0.1) is 11.3 Å². The number of benzene rings is 1. The molecule has 2 aromatic rings. The van der Waals surface area contributed by atoms with Crippen LogP contribution in [0.25, 0.3) is 22.2 Å². The summed E-state index contributed by atoms with van der Waals surface area (Å²) < 4.78 is 1.47. The quantitative estimate of drug-likeness (QED) is 0.456. The van der Waals surface area contributed by atoms with E-state index in [-0.39, 0.29) is 0 Å². The van der Waals surface area contributed by atoms with Crippen molar-refractivity contribution in [3.63, 3.8) is 0 Å². The van der Waals surface area contributed by atoms with Crippen molar-refractivity contribution < 1.29 is 0 Å². The lowest BCUT2D eigenvalue weighted by Crippen LogP contribution is -2.40. The molecule has 4 unspecified atom stereocenters. The van der Waals surface area contributed by atoms with Gasteiger partial charge in [-0.1, -0.05) is 79.0 Å². The molecule has 5 aliphatic carbocycles. The van der Waals surface area contributed by atoms with Gasteiger partial charge in [-0.05, 0) is 78.3 Å². The fourth-order valence-corrected chi connectivity index (χ4v) is 7.70. The lowest BCUT2D eigenvalue weighted by atomic mass is 9.71. The summed E-state index contributed by atoms with van der Waals surface area (Å²) in [6, 6.07) is 5.53. The largest absolute Gasteiger partial charge is 0.304 e. The Morgan fingerprint density at radius 2 is 1.76 bits per heavy atom. The number of aryl methyl sites for hydroxylation is 1. The molecule has 0 amide bonds. The number of allylic oxidation sites excluding steroid dienone is 9. The second-order valence-electron chi connectivity index (χ2n) is 10.3. The van der Waals surface area contributed by atoms with Crippen LogP contribution in [0, 0.1) is 5.92 Å². The second-order valence-corrected chi connectivity index (χ2v) is 11.4. The Balaban J connectivity index is 1.19. The van der Waals surface area contributed by atoms with Crippen molar-refractivity contribution in [1.82, 2.24) is 5.32 Å². The molecule has 7 rings (SSSR count). The Morgan fingerprint density at radius 1 is 0.824 bits per heavy atom. The highest BCUT2D eigenvalue weighted by Gasteiger charge is 2.33. The van der Waals surface area contributed by atoms with E-state index in [1.165, 1.54) is 46.2 Å². The third-order valence-corrected chi connectivity index (χ3v) is 9.33. The molecule has 0 bridgehead atoms. The Morgan fingerprint density at radius 3 is 2.71 bits per heavy atom. The van der Waals surface area contributed by atoms with Crippen LogP contribution < -0.4 is 5.32 Å². The van der Waals surface area contributed by atoms with Crippen LogP contribution >= 0.6 is 11.3 Å². The predicted molar refractivity (Wildman–Crippen MR) is 147 cm³/mol. The minimum atomic E-state index is 0.397. The number of hydrogen-bond donors (Lipinski definition) is 1. The van der Waals surface area contributed by atoms with Crippen molar-refractivity contribution in [3.05, 3.63) is 106 Å². The smallest absolute Gasteiger partial charge is 0.0355 e. The molecule has 1 aromatic heterocycles. The Bertz CT molecular complexity index is 1360. The highest BCUT2D eigenvalue weighted by Crippen LogP contribution is 2.48. The summed E-state index contributed by atoms with van der Waals surface area (Å²) in [5.74, 6) is 1.06. The lowest BCUT2D eigenvalue weighted by Gasteiger charge is -2.36. The molecule has 4 atom stereocenters. The van der Waals surface area contributed by atoms with Gasteiger partial charge in [0.05, 0.1) is 0 Å². The minimum Gasteiger partial charge on any atom is -0.304 e. The van der Waals surface area contributed by atoms with Crippen LogP contribution in [0.4, 0.5) is 0 Å². The van der Waals surface area contributed by atoms with E-state index >= 15 is 0 Å². The molecular weight excluding hydrogens is 430 g/mol. The van der Waals surface area contributed by atoms with Crippen molar-refractivity contribution in [2.24, 2.45) is 5.92 Å². The highest BCUT2D eigenvalue weighted by atomic mass is 32.1. The summed E-state index contributed by atoms with van der Waals surface area (Å²) >= 11 is 2.02. The van der Waals surface area contributed by atoms with Crippen molar-refractivity contribution >= 4 is 33.6 Å². The predicted octanol–water partition coefficient (Wildman–Crippen LogP) is 8.04. The van der Waals surface area contributed by atoms with Crippen molar-refractivity contribution in [2.45, 2.75) is 56.5 Å². The van der Waals surface area contributed by atoms with Gasteiger partial charge in [0.1, 0.15) is 0 Å². The summed E-state index contributed by atoms with van der Waals surface area (Å²) in [4.78, 5) is 1.58. The first-order valence-corrected chi connectivity index (χ1v) is 13.8. The van der Waals surface area contributed by atoms with E-state index in [0.717, 1.165) is 19.3 Å². The molecule has 0 aliphatic heterocycles. The topological polar surface area (TPSA) is 12.0 Å². The van der Waals surface area contributed by atoms with Crippen LogP contribution in [0.3, 0.4) is 0 Å². The molecule has 1 nitrogen and oxygen atoms in total. The fraction of sp³-hybridized carbons (Fsp3) is 0.312. The summed E-state index contributed by atoms with van der Waals surface area (Å²) in [6.45, 7) is 0. The molecule has 5 aliphatic rings. The van der Waals surface area contributed by atoms with Gasteiger partial charge < -0.3 is 5.32 Å². The first-order valence-electron chi connectivity index (χ1n) is 13.0. The maximum Gasteiger partial charge on any atom is 0.0355 e. The van der Waals surface area contributed by atoms with Crippen molar-refractivity contribution in [3.8, 4) is 0 Å². The van der Waals surface area contributed by atoms with E-state index in [1.54, 1.807) is 15.8 Å². The molecule has 0 saturated heterocycles. The number of nitrogens with one attached hydrogen (secondary N) is 1. The number of hydrogen-bond acceptors (Lipinski definition) is 2.